The van der Waals surface area contributed by atoms with Crippen LogP contribution in [-0.4, -0.2) is 42.0 Å². The fourth-order valence-electron chi connectivity index (χ4n) is 2.37. The quantitative estimate of drug-likeness (QED) is 0.557. The number of rotatable bonds is 7. The number of nitrogens with zero attached hydrogens (tertiary/aromatic N) is 3. The Kier molecular flexibility index (Phi) is 5.97. The largest absolute Gasteiger partial charge is 0.495 e. The molecule has 146 valence electrons. The Morgan fingerprint density at radius 3 is 2.61 bits per heavy atom. The van der Waals surface area contributed by atoms with E-state index in [1.165, 1.54) is 36.0 Å². The minimum Gasteiger partial charge on any atom is -0.495 e. The molecule has 3 aromatic rings. The smallest absolute Gasteiger partial charge is 0.238 e. The van der Waals surface area contributed by atoms with Gasteiger partial charge in [0.25, 0.3) is 0 Å². The van der Waals surface area contributed by atoms with Crippen LogP contribution in [0.5, 0.6) is 5.75 Å². The van der Waals surface area contributed by atoms with Crippen LogP contribution in [0.1, 0.15) is 0 Å². The highest BCUT2D eigenvalue weighted by molar-refractivity contribution is 7.99. The molecule has 0 saturated carbocycles. The predicted molar refractivity (Wildman–Crippen MR) is 105 cm³/mol. The monoisotopic (exact) mass is 419 g/mol. The highest BCUT2D eigenvalue weighted by atomic mass is 32.2. The van der Waals surface area contributed by atoms with Crippen molar-refractivity contribution in [1.29, 1.82) is 0 Å². The molecule has 0 radical (unpaired) electrons. The highest BCUT2D eigenvalue weighted by Gasteiger charge is 2.13. The van der Waals surface area contributed by atoms with Gasteiger partial charge in [0.2, 0.25) is 15.9 Å². The molecule has 9 nitrogen and oxygen atoms in total. The lowest BCUT2D eigenvalue weighted by atomic mass is 10.3. The molecule has 1 heterocycles. The molecule has 0 atom stereocenters. The summed E-state index contributed by atoms with van der Waals surface area (Å²) >= 11 is 1.21. The van der Waals surface area contributed by atoms with E-state index in [2.05, 4.69) is 15.5 Å². The minimum atomic E-state index is -3.77. The number of hydrogen-bond donors (Lipinski definition) is 2. The number of thioether (sulfide) groups is 1. The number of sulfonamides is 1. The summed E-state index contributed by atoms with van der Waals surface area (Å²) < 4.78 is 29.6. The van der Waals surface area contributed by atoms with Crippen LogP contribution in [0.2, 0.25) is 0 Å². The fraction of sp³-hybridized carbons (Fsp3) is 0.118. The molecule has 11 heteroatoms. The third-order valence-corrected chi connectivity index (χ3v) is 5.53. The van der Waals surface area contributed by atoms with E-state index in [9.17, 15) is 13.2 Å². The number of anilines is 1. The molecule has 0 spiro atoms. The maximum Gasteiger partial charge on any atom is 0.238 e. The van der Waals surface area contributed by atoms with Crippen LogP contribution in [-0.2, 0) is 14.8 Å². The number of nitrogens with one attached hydrogen (secondary N) is 1. The maximum atomic E-state index is 12.2. The van der Waals surface area contributed by atoms with E-state index in [1.54, 1.807) is 18.0 Å². The number of ether oxygens (including phenoxy) is 1. The molecule has 28 heavy (non-hydrogen) atoms. The second-order valence-electron chi connectivity index (χ2n) is 5.56. The summed E-state index contributed by atoms with van der Waals surface area (Å²) in [7, 11) is -2.20. The molecule has 0 aliphatic carbocycles. The summed E-state index contributed by atoms with van der Waals surface area (Å²) in [6.45, 7) is 0. The normalized spacial score (nSPS) is 11.2. The van der Waals surface area contributed by atoms with Crippen molar-refractivity contribution in [1.82, 2.24) is 14.8 Å². The molecule has 1 aromatic heterocycles. The molecule has 0 saturated heterocycles. The van der Waals surface area contributed by atoms with Crippen molar-refractivity contribution < 1.29 is 17.9 Å². The number of nitrogens with two attached hydrogens (primary N) is 1. The van der Waals surface area contributed by atoms with E-state index < -0.39 is 10.0 Å². The highest BCUT2D eigenvalue weighted by Crippen LogP contribution is 2.26. The molecule has 3 rings (SSSR count). The number of para-hydroxylation sites is 2. The van der Waals surface area contributed by atoms with Gasteiger partial charge in [-0.1, -0.05) is 23.9 Å². The van der Waals surface area contributed by atoms with Gasteiger partial charge in [-0.2, -0.15) is 0 Å². The van der Waals surface area contributed by atoms with Crippen molar-refractivity contribution in [3.8, 4) is 11.4 Å². The summed E-state index contributed by atoms with van der Waals surface area (Å²) in [6, 6.07) is 13.0. The van der Waals surface area contributed by atoms with Gasteiger partial charge in [0.05, 0.1) is 23.4 Å². The Morgan fingerprint density at radius 2 is 1.93 bits per heavy atom. The van der Waals surface area contributed by atoms with Crippen LogP contribution < -0.4 is 15.2 Å². The Bertz CT molecular complexity index is 1080. The van der Waals surface area contributed by atoms with Crippen molar-refractivity contribution in [2.24, 2.45) is 5.14 Å². The van der Waals surface area contributed by atoms with Gasteiger partial charge < -0.3 is 10.1 Å². The lowest BCUT2D eigenvalue weighted by molar-refractivity contribution is -0.113. The van der Waals surface area contributed by atoms with Crippen molar-refractivity contribution >= 4 is 33.4 Å². The number of carbonyl (C=O) groups excluding carboxylic acids is 1. The second-order valence-corrected chi connectivity index (χ2v) is 8.07. The Labute approximate surface area is 166 Å². The molecule has 3 N–H and O–H groups in total. The van der Waals surface area contributed by atoms with Crippen molar-refractivity contribution in [3.63, 3.8) is 0 Å². The predicted octanol–water partition coefficient (Wildman–Crippen LogP) is 1.65. The molecule has 0 aliphatic rings. The SMILES string of the molecule is COc1ccccc1-n1cnnc1SCC(=O)Nc1ccc(S(N)(=O)=O)cc1. The topological polar surface area (TPSA) is 129 Å². The molecule has 0 bridgehead atoms. The first kappa shape index (κ1) is 19.9. The molecule has 0 fully saturated rings. The zero-order valence-corrected chi connectivity index (χ0v) is 16.4. The summed E-state index contributed by atoms with van der Waals surface area (Å²) in [4.78, 5) is 12.2. The summed E-state index contributed by atoms with van der Waals surface area (Å²) in [6.07, 6.45) is 1.55. The maximum absolute atomic E-state index is 12.2. The van der Waals surface area contributed by atoms with Crippen LogP contribution in [0, 0.1) is 0 Å². The van der Waals surface area contributed by atoms with Gasteiger partial charge in [0.1, 0.15) is 12.1 Å². The first-order valence-corrected chi connectivity index (χ1v) is 10.5. The average Bonchev–Trinajstić information content (AvgIpc) is 3.14. The van der Waals surface area contributed by atoms with E-state index in [-0.39, 0.29) is 16.6 Å². The van der Waals surface area contributed by atoms with E-state index >= 15 is 0 Å². The number of benzene rings is 2. The lowest BCUT2D eigenvalue weighted by Gasteiger charge is -2.10. The van der Waals surface area contributed by atoms with Crippen LogP contribution >= 0.6 is 11.8 Å². The number of amides is 1. The van der Waals surface area contributed by atoms with Gasteiger partial charge in [0.15, 0.2) is 5.16 Å². The van der Waals surface area contributed by atoms with Gasteiger partial charge in [0, 0.05) is 5.69 Å². The summed E-state index contributed by atoms with van der Waals surface area (Å²) in [5, 5.41) is 16.2. The fourth-order valence-corrected chi connectivity index (χ4v) is 3.61. The van der Waals surface area contributed by atoms with Crippen molar-refractivity contribution in [2.75, 3.05) is 18.2 Å². The van der Waals surface area contributed by atoms with Crippen LogP contribution in [0.4, 0.5) is 5.69 Å². The Morgan fingerprint density at radius 1 is 1.21 bits per heavy atom. The van der Waals surface area contributed by atoms with Crippen molar-refractivity contribution in [3.05, 3.63) is 54.9 Å². The number of primary sulfonamides is 1. The molecule has 0 aliphatic heterocycles. The van der Waals surface area contributed by atoms with E-state index in [4.69, 9.17) is 9.88 Å². The number of carbonyl (C=O) groups is 1. The van der Waals surface area contributed by atoms with Crippen molar-refractivity contribution in [2.45, 2.75) is 10.1 Å². The second kappa shape index (κ2) is 8.42. The van der Waals surface area contributed by atoms with E-state index in [0.29, 0.717) is 16.6 Å². The third-order valence-electron chi connectivity index (χ3n) is 3.66. The zero-order chi connectivity index (χ0) is 20.1. The molecule has 2 aromatic carbocycles. The molecule has 1 amide bonds. The van der Waals surface area contributed by atoms with Crippen LogP contribution in [0.15, 0.2) is 64.9 Å². The Hall–Kier alpha value is -2.89. The minimum absolute atomic E-state index is 0.0233. The standard InChI is InChI=1S/C17H17N5O4S2/c1-26-15-5-3-2-4-14(15)22-11-19-21-17(22)27-10-16(23)20-12-6-8-13(9-7-12)28(18,24)25/h2-9,11H,10H2,1H3,(H,20,23)(H2,18,24,25). The molecule has 0 unspecified atom stereocenters. The van der Waals surface area contributed by atoms with Crippen LogP contribution in [0.25, 0.3) is 5.69 Å². The number of aromatic nitrogens is 3. The van der Waals surface area contributed by atoms with Gasteiger partial charge in [-0.25, -0.2) is 13.6 Å². The lowest BCUT2D eigenvalue weighted by Crippen LogP contribution is -2.15. The Balaban J connectivity index is 1.65. The van der Waals surface area contributed by atoms with E-state index in [1.807, 2.05) is 24.3 Å². The molecular weight excluding hydrogens is 402 g/mol. The van der Waals surface area contributed by atoms with Gasteiger partial charge in [-0.3, -0.25) is 9.36 Å². The summed E-state index contributed by atoms with van der Waals surface area (Å²) in [5.41, 5.74) is 1.22. The van der Waals surface area contributed by atoms with E-state index in [0.717, 1.165) is 5.69 Å². The van der Waals surface area contributed by atoms with Gasteiger partial charge in [-0.05, 0) is 36.4 Å². The van der Waals surface area contributed by atoms with Gasteiger partial charge in [-0.15, -0.1) is 10.2 Å². The zero-order valence-electron chi connectivity index (χ0n) is 14.8. The first-order chi connectivity index (χ1) is 13.4. The average molecular weight is 419 g/mol. The third kappa shape index (κ3) is 4.68. The molecular formula is C17H17N5O4S2. The first-order valence-electron chi connectivity index (χ1n) is 7.97. The number of hydrogen-bond acceptors (Lipinski definition) is 7. The van der Waals surface area contributed by atoms with Crippen LogP contribution in [0.3, 0.4) is 0 Å². The van der Waals surface area contributed by atoms with Gasteiger partial charge >= 0.3 is 0 Å². The number of methoxy groups -OCH3 is 1. The summed E-state index contributed by atoms with van der Waals surface area (Å²) in [5.74, 6) is 0.469.